The zero-order valence-electron chi connectivity index (χ0n) is 17.5. The molecule has 1 unspecified atom stereocenters. The Labute approximate surface area is 180 Å². The molecule has 0 radical (unpaired) electrons. The Bertz CT molecular complexity index is 850. The lowest BCUT2D eigenvalue weighted by atomic mass is 10.1. The van der Waals surface area contributed by atoms with Crippen LogP contribution in [0.25, 0.3) is 0 Å². The molecule has 0 aromatic heterocycles. The van der Waals surface area contributed by atoms with Crippen LogP contribution in [0.5, 0.6) is 0 Å². The van der Waals surface area contributed by atoms with Gasteiger partial charge in [0.25, 0.3) is 0 Å². The second-order valence-electron chi connectivity index (χ2n) is 8.00. The van der Waals surface area contributed by atoms with Gasteiger partial charge in [0.05, 0.1) is 0 Å². The number of esters is 1. The average Bonchev–Trinajstić information content (AvgIpc) is 2.79. The minimum Gasteiger partial charge on any atom is -0.464 e. The van der Waals surface area contributed by atoms with Crippen molar-refractivity contribution in [3.8, 4) is 0 Å². The zero-order valence-corrected chi connectivity index (χ0v) is 18.5. The highest BCUT2D eigenvalue weighted by molar-refractivity contribution is 7.09. The van der Waals surface area contributed by atoms with Gasteiger partial charge in [-0.2, -0.15) is 0 Å². The third-order valence-corrected chi connectivity index (χ3v) is 11.2. The molecule has 0 saturated carbocycles. The molecule has 1 aliphatic rings. The summed E-state index contributed by atoms with van der Waals surface area (Å²) in [6.07, 6.45) is 3.52. The van der Waals surface area contributed by atoms with E-state index in [1.54, 1.807) is 0 Å². The SMILES string of the molecule is CN(C1CCCCC(=O)OC1)[Si](c1ccccc1)(c1ccccc1)c1ccccc1. The molecule has 1 heterocycles. The van der Waals surface area contributed by atoms with Crippen molar-refractivity contribution in [2.75, 3.05) is 13.7 Å². The third kappa shape index (κ3) is 3.98. The van der Waals surface area contributed by atoms with Crippen molar-refractivity contribution in [3.05, 3.63) is 91.0 Å². The van der Waals surface area contributed by atoms with E-state index in [0.29, 0.717) is 13.0 Å². The van der Waals surface area contributed by atoms with Gasteiger partial charge in [0, 0.05) is 12.5 Å². The van der Waals surface area contributed by atoms with Crippen molar-refractivity contribution >= 4 is 29.8 Å². The van der Waals surface area contributed by atoms with Crippen LogP contribution >= 0.6 is 0 Å². The standard InChI is InChI=1S/C26H29NO2Si/c1-27(22-13-11-12-20-26(28)29-21-22)30(23-14-5-2-6-15-23,24-16-7-3-8-17-24)25-18-9-4-10-19-25/h2-10,14-19,22H,11-13,20-21H2,1H3. The maximum atomic E-state index is 12.0. The van der Waals surface area contributed by atoms with Crippen molar-refractivity contribution < 1.29 is 9.53 Å². The molecule has 0 bridgehead atoms. The van der Waals surface area contributed by atoms with Gasteiger partial charge in [-0.15, -0.1) is 0 Å². The Hall–Kier alpha value is -2.69. The minimum atomic E-state index is -2.53. The molecule has 3 aromatic carbocycles. The molecule has 1 atom stereocenters. The lowest BCUT2D eigenvalue weighted by Gasteiger charge is -2.45. The Balaban J connectivity index is 1.91. The lowest BCUT2D eigenvalue weighted by molar-refractivity contribution is -0.145. The van der Waals surface area contributed by atoms with Crippen LogP contribution in [0, 0.1) is 0 Å². The first kappa shape index (κ1) is 20.6. The van der Waals surface area contributed by atoms with Gasteiger partial charge >= 0.3 is 5.97 Å². The number of ether oxygens (including phenoxy) is 1. The fraction of sp³-hybridized carbons (Fsp3) is 0.269. The van der Waals surface area contributed by atoms with Crippen LogP contribution in [0.15, 0.2) is 91.0 Å². The Morgan fingerprint density at radius 2 is 1.23 bits per heavy atom. The molecule has 1 saturated heterocycles. The summed E-state index contributed by atoms with van der Waals surface area (Å²) >= 11 is 0. The van der Waals surface area contributed by atoms with Gasteiger partial charge in [-0.1, -0.05) is 97.4 Å². The van der Waals surface area contributed by atoms with Crippen molar-refractivity contribution in [3.63, 3.8) is 0 Å². The van der Waals surface area contributed by atoms with Crippen LogP contribution in [0.2, 0.25) is 0 Å². The molecule has 1 aliphatic heterocycles. The number of likely N-dealkylation sites (N-methyl/N-ethyl adjacent to an activating group) is 1. The minimum absolute atomic E-state index is 0.0699. The number of carbonyl (C=O) groups excluding carboxylic acids is 1. The van der Waals surface area contributed by atoms with Gasteiger partial charge < -0.3 is 9.30 Å². The summed E-state index contributed by atoms with van der Waals surface area (Å²) in [5, 5.41) is 4.04. The van der Waals surface area contributed by atoms with E-state index < -0.39 is 8.24 Å². The van der Waals surface area contributed by atoms with Crippen molar-refractivity contribution in [2.24, 2.45) is 0 Å². The summed E-state index contributed by atoms with van der Waals surface area (Å²) in [6, 6.07) is 32.8. The molecule has 154 valence electrons. The fourth-order valence-corrected chi connectivity index (χ4v) is 9.72. The van der Waals surface area contributed by atoms with Crippen LogP contribution in [-0.2, 0) is 9.53 Å². The fourth-order valence-electron chi connectivity index (χ4n) is 4.72. The predicted molar refractivity (Wildman–Crippen MR) is 125 cm³/mol. The quantitative estimate of drug-likeness (QED) is 0.364. The summed E-state index contributed by atoms with van der Waals surface area (Å²) in [4.78, 5) is 12.0. The topological polar surface area (TPSA) is 29.5 Å². The second-order valence-corrected chi connectivity index (χ2v) is 11.9. The van der Waals surface area contributed by atoms with Crippen molar-refractivity contribution in [2.45, 2.75) is 31.7 Å². The Morgan fingerprint density at radius 3 is 1.70 bits per heavy atom. The Morgan fingerprint density at radius 1 is 0.767 bits per heavy atom. The smallest absolute Gasteiger partial charge is 0.305 e. The molecule has 30 heavy (non-hydrogen) atoms. The average molecular weight is 416 g/mol. The highest BCUT2D eigenvalue weighted by Crippen LogP contribution is 2.20. The van der Waals surface area contributed by atoms with Crippen molar-refractivity contribution in [1.82, 2.24) is 4.57 Å². The number of carbonyl (C=O) groups is 1. The third-order valence-electron chi connectivity index (χ3n) is 6.26. The summed E-state index contributed by atoms with van der Waals surface area (Å²) < 4.78 is 8.22. The van der Waals surface area contributed by atoms with Gasteiger partial charge in [0.15, 0.2) is 0 Å². The number of hydrogen-bond acceptors (Lipinski definition) is 3. The maximum absolute atomic E-state index is 12.0. The van der Waals surface area contributed by atoms with Gasteiger partial charge in [0.1, 0.15) is 6.61 Å². The van der Waals surface area contributed by atoms with E-state index in [0.717, 1.165) is 19.3 Å². The maximum Gasteiger partial charge on any atom is 0.305 e. The predicted octanol–water partition coefficient (Wildman–Crippen LogP) is 3.07. The number of cyclic esters (lactones) is 1. The van der Waals surface area contributed by atoms with Gasteiger partial charge in [-0.05, 0) is 35.4 Å². The van der Waals surface area contributed by atoms with Crippen LogP contribution in [0.1, 0.15) is 25.7 Å². The summed E-state index contributed by atoms with van der Waals surface area (Å²) in [6.45, 7) is 0.455. The highest BCUT2D eigenvalue weighted by atomic mass is 28.3. The first-order valence-corrected chi connectivity index (χ1v) is 12.7. The van der Waals surface area contributed by atoms with Crippen LogP contribution in [0.4, 0.5) is 0 Å². The Kier molecular flexibility index (Phi) is 6.46. The summed E-state index contributed by atoms with van der Waals surface area (Å²) in [5.74, 6) is -0.0699. The van der Waals surface area contributed by atoms with E-state index in [-0.39, 0.29) is 12.0 Å². The number of benzene rings is 3. The van der Waals surface area contributed by atoms with E-state index in [2.05, 4.69) is 103 Å². The molecular formula is C26H29NO2Si. The van der Waals surface area contributed by atoms with Gasteiger partial charge in [-0.3, -0.25) is 4.79 Å². The number of nitrogens with zero attached hydrogens (tertiary/aromatic N) is 1. The number of rotatable bonds is 5. The zero-order chi connectivity index (χ0) is 20.8. The van der Waals surface area contributed by atoms with E-state index in [1.165, 1.54) is 15.6 Å². The monoisotopic (exact) mass is 415 g/mol. The van der Waals surface area contributed by atoms with Crippen LogP contribution in [0.3, 0.4) is 0 Å². The molecule has 4 heteroatoms. The molecule has 4 rings (SSSR count). The van der Waals surface area contributed by atoms with Crippen LogP contribution < -0.4 is 15.6 Å². The first-order valence-electron chi connectivity index (χ1n) is 10.8. The molecule has 0 aliphatic carbocycles. The lowest BCUT2D eigenvalue weighted by Crippen LogP contribution is -2.78. The van der Waals surface area contributed by atoms with E-state index in [4.69, 9.17) is 4.74 Å². The summed E-state index contributed by atoms with van der Waals surface area (Å²) in [7, 11) is -0.298. The van der Waals surface area contributed by atoms with Gasteiger partial charge in [-0.25, -0.2) is 0 Å². The molecular weight excluding hydrogens is 386 g/mol. The normalized spacial score (nSPS) is 17.8. The van der Waals surface area contributed by atoms with E-state index >= 15 is 0 Å². The van der Waals surface area contributed by atoms with Gasteiger partial charge in [0.2, 0.25) is 8.24 Å². The summed E-state index contributed by atoms with van der Waals surface area (Å²) in [5.41, 5.74) is 0. The molecule has 0 spiro atoms. The van der Waals surface area contributed by atoms with Crippen molar-refractivity contribution in [1.29, 1.82) is 0 Å². The van der Waals surface area contributed by atoms with E-state index in [9.17, 15) is 4.79 Å². The largest absolute Gasteiger partial charge is 0.464 e. The highest BCUT2D eigenvalue weighted by Gasteiger charge is 2.46. The molecule has 0 amide bonds. The number of hydrogen-bond donors (Lipinski definition) is 0. The molecule has 1 fully saturated rings. The molecule has 3 aromatic rings. The molecule has 0 N–H and O–H groups in total. The second kappa shape index (κ2) is 9.41. The van der Waals surface area contributed by atoms with E-state index in [1.807, 2.05) is 0 Å². The van der Waals surface area contributed by atoms with Crippen LogP contribution in [-0.4, -0.2) is 38.5 Å². The molecule has 3 nitrogen and oxygen atoms in total. The first-order chi connectivity index (χ1) is 14.7.